The van der Waals surface area contributed by atoms with Gasteiger partial charge in [0.25, 0.3) is 0 Å². The van der Waals surface area contributed by atoms with Gasteiger partial charge in [0.05, 0.1) is 11.6 Å². The van der Waals surface area contributed by atoms with E-state index in [0.717, 1.165) is 13.2 Å². The maximum Gasteiger partial charge on any atom is 0.0876 e. The first-order valence-electron chi connectivity index (χ1n) is 7.72. The fourth-order valence-corrected chi connectivity index (χ4v) is 3.98. The van der Waals surface area contributed by atoms with Gasteiger partial charge in [0.1, 0.15) is 0 Å². The van der Waals surface area contributed by atoms with Gasteiger partial charge >= 0.3 is 0 Å². The van der Waals surface area contributed by atoms with E-state index in [1.807, 2.05) is 0 Å². The van der Waals surface area contributed by atoms with E-state index in [9.17, 15) is 0 Å². The molecule has 1 aliphatic rings. The average molecular weight is 281 g/mol. The fraction of sp³-hybridized carbons (Fsp3) is 0.750. The van der Waals surface area contributed by atoms with E-state index in [-0.39, 0.29) is 5.60 Å². The zero-order valence-corrected chi connectivity index (χ0v) is 13.1. The first kappa shape index (κ1) is 15.0. The molecule has 1 saturated carbocycles. The van der Waals surface area contributed by atoms with Crippen molar-refractivity contribution in [3.8, 4) is 0 Å². The lowest BCUT2D eigenvalue weighted by Crippen LogP contribution is -2.47. The lowest BCUT2D eigenvalue weighted by molar-refractivity contribution is -0.0911. The van der Waals surface area contributed by atoms with Crippen LogP contribution >= 0.6 is 11.3 Å². The molecular formula is C16H27NOS. The Morgan fingerprint density at radius 3 is 2.68 bits per heavy atom. The van der Waals surface area contributed by atoms with E-state index in [2.05, 4.69) is 36.0 Å². The molecule has 1 aromatic heterocycles. The van der Waals surface area contributed by atoms with Gasteiger partial charge < -0.3 is 10.1 Å². The molecule has 1 fully saturated rings. The predicted octanol–water partition coefficient (Wildman–Crippen LogP) is 4.53. The van der Waals surface area contributed by atoms with Gasteiger partial charge in [-0.2, -0.15) is 11.3 Å². The zero-order valence-electron chi connectivity index (χ0n) is 12.3. The zero-order chi connectivity index (χ0) is 13.6. The van der Waals surface area contributed by atoms with E-state index in [0.29, 0.717) is 6.04 Å². The van der Waals surface area contributed by atoms with Crippen molar-refractivity contribution in [2.24, 2.45) is 0 Å². The van der Waals surface area contributed by atoms with E-state index in [1.54, 1.807) is 11.3 Å². The third-order valence-corrected chi connectivity index (χ3v) is 4.83. The van der Waals surface area contributed by atoms with E-state index < -0.39 is 0 Å². The Balaban J connectivity index is 2.21. The van der Waals surface area contributed by atoms with Crippen LogP contribution in [0.25, 0.3) is 0 Å². The molecule has 1 aromatic rings. The molecule has 0 radical (unpaired) electrons. The van der Waals surface area contributed by atoms with Gasteiger partial charge in [-0.05, 0) is 55.1 Å². The van der Waals surface area contributed by atoms with E-state index in [4.69, 9.17) is 4.74 Å². The Labute approximate surface area is 121 Å². The summed E-state index contributed by atoms with van der Waals surface area (Å²) in [6.07, 6.45) is 7.51. The number of hydrogen-bond acceptors (Lipinski definition) is 3. The highest BCUT2D eigenvalue weighted by Gasteiger charge is 2.41. The Morgan fingerprint density at radius 1 is 1.32 bits per heavy atom. The summed E-state index contributed by atoms with van der Waals surface area (Å²) in [5.41, 5.74) is 1.43. The third-order valence-electron chi connectivity index (χ3n) is 4.13. The van der Waals surface area contributed by atoms with Gasteiger partial charge in [0.2, 0.25) is 0 Å². The Morgan fingerprint density at radius 2 is 2.11 bits per heavy atom. The van der Waals surface area contributed by atoms with Crippen molar-refractivity contribution in [2.45, 2.75) is 64.0 Å². The summed E-state index contributed by atoms with van der Waals surface area (Å²) >= 11 is 1.79. The van der Waals surface area contributed by atoms with Gasteiger partial charge in [-0.1, -0.05) is 26.2 Å². The van der Waals surface area contributed by atoms with Crippen LogP contribution < -0.4 is 5.32 Å². The lowest BCUT2D eigenvalue weighted by Gasteiger charge is -2.43. The van der Waals surface area contributed by atoms with E-state index in [1.165, 1.54) is 44.1 Å². The van der Waals surface area contributed by atoms with Crippen molar-refractivity contribution in [1.82, 2.24) is 5.32 Å². The van der Waals surface area contributed by atoms with Crippen LogP contribution in [0.3, 0.4) is 0 Å². The number of nitrogens with one attached hydrogen (secondary N) is 1. The molecule has 1 atom stereocenters. The minimum Gasteiger partial charge on any atom is -0.373 e. The molecule has 1 unspecified atom stereocenters. The fourth-order valence-electron chi connectivity index (χ4n) is 3.29. The summed E-state index contributed by atoms with van der Waals surface area (Å²) in [5, 5.41) is 8.21. The summed E-state index contributed by atoms with van der Waals surface area (Å²) in [6, 6.07) is 2.62. The highest BCUT2D eigenvalue weighted by atomic mass is 32.1. The first-order valence-corrected chi connectivity index (χ1v) is 8.66. The molecule has 1 aliphatic carbocycles. The van der Waals surface area contributed by atoms with Crippen molar-refractivity contribution in [3.05, 3.63) is 22.4 Å². The summed E-state index contributed by atoms with van der Waals surface area (Å²) < 4.78 is 6.30. The molecule has 2 nitrogen and oxygen atoms in total. The molecule has 108 valence electrons. The Hall–Kier alpha value is -0.380. The van der Waals surface area contributed by atoms with Crippen molar-refractivity contribution in [1.29, 1.82) is 0 Å². The maximum absolute atomic E-state index is 6.30. The van der Waals surface area contributed by atoms with Crippen molar-refractivity contribution < 1.29 is 4.74 Å². The summed E-state index contributed by atoms with van der Waals surface area (Å²) in [5.74, 6) is 0. The molecule has 0 saturated heterocycles. The topological polar surface area (TPSA) is 21.3 Å². The first-order chi connectivity index (χ1) is 9.32. The smallest absolute Gasteiger partial charge is 0.0876 e. The molecule has 0 amide bonds. The van der Waals surface area contributed by atoms with E-state index >= 15 is 0 Å². The van der Waals surface area contributed by atoms with Crippen LogP contribution in [0.4, 0.5) is 0 Å². The molecule has 1 heterocycles. The molecule has 1 N–H and O–H groups in total. The second-order valence-electron chi connectivity index (χ2n) is 5.50. The molecule has 0 bridgehead atoms. The number of ether oxygens (including phenoxy) is 1. The van der Waals surface area contributed by atoms with Gasteiger partial charge in [0.15, 0.2) is 0 Å². The van der Waals surface area contributed by atoms with Crippen LogP contribution in [0.5, 0.6) is 0 Å². The molecule has 2 rings (SSSR count). The maximum atomic E-state index is 6.30. The van der Waals surface area contributed by atoms with Crippen LogP contribution in [0, 0.1) is 0 Å². The van der Waals surface area contributed by atoms with Crippen molar-refractivity contribution >= 4 is 11.3 Å². The van der Waals surface area contributed by atoms with Crippen LogP contribution in [-0.4, -0.2) is 18.8 Å². The highest BCUT2D eigenvalue weighted by Crippen LogP contribution is 2.42. The predicted molar refractivity (Wildman–Crippen MR) is 82.8 cm³/mol. The Bertz CT molecular complexity index is 338. The van der Waals surface area contributed by atoms with Crippen LogP contribution in [0.2, 0.25) is 0 Å². The normalized spacial score (nSPS) is 20.3. The lowest BCUT2D eigenvalue weighted by atomic mass is 9.77. The SMILES string of the molecule is CCCNC(c1ccsc1)C1(OCC)CCCCC1. The number of thiophene rings is 1. The Kier molecular flexibility index (Phi) is 5.86. The summed E-state index contributed by atoms with van der Waals surface area (Å²) in [4.78, 5) is 0. The highest BCUT2D eigenvalue weighted by molar-refractivity contribution is 7.07. The minimum absolute atomic E-state index is 0.0171. The second-order valence-corrected chi connectivity index (χ2v) is 6.28. The van der Waals surface area contributed by atoms with Gasteiger partial charge in [-0.15, -0.1) is 0 Å². The van der Waals surface area contributed by atoms with Gasteiger partial charge in [0, 0.05) is 6.61 Å². The molecule has 0 aromatic carbocycles. The molecule has 0 spiro atoms. The third kappa shape index (κ3) is 3.59. The second kappa shape index (κ2) is 7.41. The van der Waals surface area contributed by atoms with Crippen molar-refractivity contribution in [3.63, 3.8) is 0 Å². The monoisotopic (exact) mass is 281 g/mol. The summed E-state index contributed by atoms with van der Waals surface area (Å²) in [6.45, 7) is 6.23. The summed E-state index contributed by atoms with van der Waals surface area (Å²) in [7, 11) is 0. The standard InChI is InChI=1S/C16H27NOS/c1-3-11-17-15(14-8-12-19-13-14)16(18-4-2)9-6-5-7-10-16/h8,12-13,15,17H,3-7,9-11H2,1-2H3. The van der Waals surface area contributed by atoms with Crippen LogP contribution in [-0.2, 0) is 4.74 Å². The van der Waals surface area contributed by atoms with Crippen molar-refractivity contribution in [2.75, 3.05) is 13.2 Å². The van der Waals surface area contributed by atoms with Gasteiger partial charge in [-0.25, -0.2) is 0 Å². The molecular weight excluding hydrogens is 254 g/mol. The number of rotatable bonds is 7. The largest absolute Gasteiger partial charge is 0.373 e. The average Bonchev–Trinajstić information content (AvgIpc) is 2.94. The quantitative estimate of drug-likeness (QED) is 0.793. The van der Waals surface area contributed by atoms with Gasteiger partial charge in [-0.3, -0.25) is 0 Å². The molecule has 19 heavy (non-hydrogen) atoms. The van der Waals surface area contributed by atoms with Crippen LogP contribution in [0.15, 0.2) is 16.8 Å². The number of hydrogen-bond donors (Lipinski definition) is 1. The minimum atomic E-state index is 0.0171. The molecule has 3 heteroatoms. The van der Waals surface area contributed by atoms with Crippen LogP contribution in [0.1, 0.15) is 64.0 Å². The molecule has 0 aliphatic heterocycles.